The average molecular weight is 129 g/mol. The summed E-state index contributed by atoms with van der Waals surface area (Å²) in [5.41, 5.74) is 6.41. The predicted octanol–water partition coefficient (Wildman–Crippen LogP) is 0.841. The molecule has 2 fully saturated rings. The third-order valence-electron chi connectivity index (χ3n) is 2.21. The largest absolute Gasteiger partial charge is 0.328 e. The molecule has 1 nitrogen and oxygen atoms in total. The summed E-state index contributed by atoms with van der Waals surface area (Å²) in [4.78, 5) is 0. The second kappa shape index (κ2) is 1.42. The Balaban J connectivity index is 1.92. The fourth-order valence-electron chi connectivity index (χ4n) is 1.68. The second-order valence-electron chi connectivity index (χ2n) is 3.16. The highest BCUT2D eigenvalue weighted by molar-refractivity contribution is 8.00. The topological polar surface area (TPSA) is 26.0 Å². The maximum atomic E-state index is 5.65. The summed E-state index contributed by atoms with van der Waals surface area (Å²) in [5.74, 6) is 2.78. The van der Waals surface area contributed by atoms with Gasteiger partial charge in [0.05, 0.1) is 0 Å². The molecule has 0 aromatic carbocycles. The third kappa shape index (κ3) is 0.531. The van der Waals surface area contributed by atoms with Gasteiger partial charge in [0, 0.05) is 6.04 Å². The van der Waals surface area contributed by atoms with Gasteiger partial charge in [0.25, 0.3) is 0 Å². The molecule has 1 aliphatic heterocycles. The molecule has 1 saturated heterocycles. The van der Waals surface area contributed by atoms with Gasteiger partial charge in [0.2, 0.25) is 0 Å². The minimum Gasteiger partial charge on any atom is -0.328 e. The molecular formula is C6H11NS. The van der Waals surface area contributed by atoms with Gasteiger partial charge in [-0.1, -0.05) is 0 Å². The Hall–Kier alpha value is 0.310. The molecule has 46 valence electrons. The van der Waals surface area contributed by atoms with Crippen molar-refractivity contribution in [2.45, 2.75) is 18.9 Å². The van der Waals surface area contributed by atoms with E-state index in [1.807, 2.05) is 0 Å². The number of nitrogens with two attached hydrogens (primary N) is 1. The highest BCUT2D eigenvalue weighted by Crippen LogP contribution is 2.52. The van der Waals surface area contributed by atoms with Crippen LogP contribution in [0.4, 0.5) is 0 Å². The first-order chi connectivity index (χ1) is 3.81. The second-order valence-corrected chi connectivity index (χ2v) is 4.15. The molecule has 0 amide bonds. The minimum atomic E-state index is 0.552. The van der Waals surface area contributed by atoms with E-state index in [1.165, 1.54) is 24.3 Å². The maximum absolute atomic E-state index is 5.65. The lowest BCUT2D eigenvalue weighted by Crippen LogP contribution is -2.53. The summed E-state index contributed by atoms with van der Waals surface area (Å²) in [7, 11) is 0. The van der Waals surface area contributed by atoms with Crippen LogP contribution in [0.2, 0.25) is 0 Å². The molecule has 0 aromatic heterocycles. The van der Waals surface area contributed by atoms with Crippen molar-refractivity contribution in [3.8, 4) is 0 Å². The molecule has 1 aliphatic carbocycles. The molecule has 1 spiro atoms. The fourth-order valence-corrected chi connectivity index (χ4v) is 2.93. The van der Waals surface area contributed by atoms with Crippen molar-refractivity contribution < 1.29 is 0 Å². The highest BCUT2D eigenvalue weighted by atomic mass is 32.2. The molecule has 2 aliphatic rings. The molecule has 2 rings (SSSR count). The Labute approximate surface area is 54.0 Å². The van der Waals surface area contributed by atoms with Crippen LogP contribution in [-0.4, -0.2) is 17.5 Å². The molecule has 8 heavy (non-hydrogen) atoms. The quantitative estimate of drug-likeness (QED) is 0.524. The van der Waals surface area contributed by atoms with E-state index in [2.05, 4.69) is 11.8 Å². The number of thioether (sulfide) groups is 1. The fraction of sp³-hybridized carbons (Fsp3) is 1.00. The summed E-state index contributed by atoms with van der Waals surface area (Å²) in [5, 5.41) is 0. The highest BCUT2D eigenvalue weighted by Gasteiger charge is 2.47. The van der Waals surface area contributed by atoms with Crippen molar-refractivity contribution in [2.75, 3.05) is 11.5 Å². The van der Waals surface area contributed by atoms with Gasteiger partial charge in [-0.15, -0.1) is 0 Å². The van der Waals surface area contributed by atoms with Crippen molar-refractivity contribution in [1.29, 1.82) is 0 Å². The minimum absolute atomic E-state index is 0.552. The van der Waals surface area contributed by atoms with Gasteiger partial charge < -0.3 is 5.73 Å². The summed E-state index contributed by atoms with van der Waals surface area (Å²) in [6.45, 7) is 0. The number of rotatable bonds is 0. The molecule has 0 atom stereocenters. The monoisotopic (exact) mass is 129 g/mol. The summed E-state index contributed by atoms with van der Waals surface area (Å²) < 4.78 is 0. The van der Waals surface area contributed by atoms with Crippen LogP contribution < -0.4 is 5.73 Å². The number of hydrogen-bond donors (Lipinski definition) is 1. The summed E-state index contributed by atoms with van der Waals surface area (Å²) >= 11 is 2.07. The summed E-state index contributed by atoms with van der Waals surface area (Å²) in [6, 6.07) is 0.552. The average Bonchev–Trinajstić information content (AvgIpc) is 1.51. The van der Waals surface area contributed by atoms with E-state index in [4.69, 9.17) is 5.73 Å². The van der Waals surface area contributed by atoms with Crippen LogP contribution in [0.5, 0.6) is 0 Å². The molecule has 1 heterocycles. The molecular weight excluding hydrogens is 118 g/mol. The standard InChI is InChI=1S/C6H11NS/c7-5-1-6(2-5)3-8-4-6/h5H,1-4,7H2. The van der Waals surface area contributed by atoms with E-state index in [0.717, 1.165) is 5.41 Å². The Bertz CT molecular complexity index is 101. The lowest BCUT2D eigenvalue weighted by Gasteiger charge is -2.52. The smallest absolute Gasteiger partial charge is 0.00506 e. The molecule has 2 heteroatoms. The zero-order valence-corrected chi connectivity index (χ0v) is 5.71. The van der Waals surface area contributed by atoms with Crippen molar-refractivity contribution in [3.05, 3.63) is 0 Å². The van der Waals surface area contributed by atoms with Gasteiger partial charge in [-0.2, -0.15) is 11.8 Å². The van der Waals surface area contributed by atoms with Crippen molar-refractivity contribution in [2.24, 2.45) is 11.1 Å². The van der Waals surface area contributed by atoms with Gasteiger partial charge >= 0.3 is 0 Å². The number of hydrogen-bond acceptors (Lipinski definition) is 2. The molecule has 1 saturated carbocycles. The van der Waals surface area contributed by atoms with Crippen molar-refractivity contribution in [3.63, 3.8) is 0 Å². The van der Waals surface area contributed by atoms with Gasteiger partial charge in [-0.3, -0.25) is 0 Å². The molecule has 2 N–H and O–H groups in total. The normalized spacial score (nSPS) is 34.1. The van der Waals surface area contributed by atoms with Crippen LogP contribution in [-0.2, 0) is 0 Å². The van der Waals surface area contributed by atoms with E-state index >= 15 is 0 Å². The van der Waals surface area contributed by atoms with Crippen molar-refractivity contribution in [1.82, 2.24) is 0 Å². The van der Waals surface area contributed by atoms with Gasteiger partial charge in [0.1, 0.15) is 0 Å². The maximum Gasteiger partial charge on any atom is 0.00506 e. The van der Waals surface area contributed by atoms with Gasteiger partial charge in [-0.05, 0) is 29.8 Å². The molecule has 0 aromatic rings. The molecule has 0 bridgehead atoms. The van der Waals surface area contributed by atoms with Gasteiger partial charge in [-0.25, -0.2) is 0 Å². The SMILES string of the molecule is NC1CC2(CSC2)C1. The summed E-state index contributed by atoms with van der Waals surface area (Å²) in [6.07, 6.45) is 2.61. The predicted molar refractivity (Wildman–Crippen MR) is 37.0 cm³/mol. The van der Waals surface area contributed by atoms with Gasteiger partial charge in [0.15, 0.2) is 0 Å². The Morgan fingerprint density at radius 2 is 2.00 bits per heavy atom. The zero-order chi connectivity index (χ0) is 5.61. The van der Waals surface area contributed by atoms with E-state index in [1.54, 1.807) is 0 Å². The van der Waals surface area contributed by atoms with Crippen LogP contribution in [0.15, 0.2) is 0 Å². The van der Waals surface area contributed by atoms with E-state index in [0.29, 0.717) is 6.04 Å². The van der Waals surface area contributed by atoms with Crippen LogP contribution in [0.25, 0.3) is 0 Å². The first-order valence-electron chi connectivity index (χ1n) is 3.14. The van der Waals surface area contributed by atoms with E-state index < -0.39 is 0 Å². The molecule has 0 unspecified atom stereocenters. The first-order valence-corrected chi connectivity index (χ1v) is 4.30. The lowest BCUT2D eigenvalue weighted by molar-refractivity contribution is 0.152. The Kier molecular flexibility index (Phi) is 0.910. The third-order valence-corrected chi connectivity index (χ3v) is 3.84. The Morgan fingerprint density at radius 3 is 2.12 bits per heavy atom. The zero-order valence-electron chi connectivity index (χ0n) is 4.89. The Morgan fingerprint density at radius 1 is 1.38 bits per heavy atom. The van der Waals surface area contributed by atoms with Crippen LogP contribution in [0, 0.1) is 5.41 Å². The van der Waals surface area contributed by atoms with E-state index in [9.17, 15) is 0 Å². The van der Waals surface area contributed by atoms with Crippen LogP contribution in [0.3, 0.4) is 0 Å². The van der Waals surface area contributed by atoms with Crippen LogP contribution in [0.1, 0.15) is 12.8 Å². The van der Waals surface area contributed by atoms with E-state index in [-0.39, 0.29) is 0 Å². The molecule has 0 radical (unpaired) electrons. The van der Waals surface area contributed by atoms with Crippen LogP contribution >= 0.6 is 11.8 Å². The van der Waals surface area contributed by atoms with Crippen molar-refractivity contribution >= 4 is 11.8 Å². The first kappa shape index (κ1) is 5.12. The lowest BCUT2D eigenvalue weighted by atomic mass is 9.68.